The van der Waals surface area contributed by atoms with Crippen LogP contribution in [0.5, 0.6) is 0 Å². The number of hydrogen-bond acceptors (Lipinski definition) is 5. The highest BCUT2D eigenvalue weighted by Crippen LogP contribution is 2.19. The number of rotatable bonds is 3. The third-order valence-electron chi connectivity index (χ3n) is 1.73. The van der Waals surface area contributed by atoms with Gasteiger partial charge >= 0.3 is 5.97 Å². The highest BCUT2D eigenvalue weighted by atomic mass is 16.6. The van der Waals surface area contributed by atoms with Crippen molar-refractivity contribution in [3.63, 3.8) is 0 Å². The Morgan fingerprint density at radius 2 is 2.29 bits per heavy atom. The van der Waals surface area contributed by atoms with Crippen molar-refractivity contribution in [2.45, 2.75) is 12.4 Å². The van der Waals surface area contributed by atoms with E-state index in [1.807, 2.05) is 0 Å². The lowest BCUT2D eigenvalue weighted by molar-refractivity contribution is -0.151. The van der Waals surface area contributed by atoms with Crippen molar-refractivity contribution in [2.24, 2.45) is 5.73 Å². The summed E-state index contributed by atoms with van der Waals surface area (Å²) >= 11 is 0. The zero-order chi connectivity index (χ0) is 10.9. The predicted molar refractivity (Wildman–Crippen MR) is 44.5 cm³/mol. The molecule has 2 unspecified atom stereocenters. The monoisotopic (exact) mass is 199 g/mol. The second-order valence-electron chi connectivity index (χ2n) is 2.71. The van der Waals surface area contributed by atoms with Gasteiger partial charge in [-0.3, -0.25) is 4.79 Å². The van der Waals surface area contributed by atoms with Crippen molar-refractivity contribution < 1.29 is 24.5 Å². The van der Waals surface area contributed by atoms with E-state index in [2.05, 4.69) is 11.3 Å². The Morgan fingerprint density at radius 1 is 1.71 bits per heavy atom. The van der Waals surface area contributed by atoms with E-state index >= 15 is 0 Å². The second-order valence-corrected chi connectivity index (χ2v) is 2.71. The molecule has 0 aromatic rings. The van der Waals surface area contributed by atoms with E-state index in [1.165, 1.54) is 0 Å². The molecule has 0 spiro atoms. The molecule has 1 aliphatic rings. The van der Waals surface area contributed by atoms with Crippen molar-refractivity contribution in [3.8, 4) is 0 Å². The summed E-state index contributed by atoms with van der Waals surface area (Å²) in [4.78, 5) is 21.6. The third-order valence-corrected chi connectivity index (χ3v) is 1.73. The number of carbonyl (C=O) groups excluding carboxylic acids is 2. The number of esters is 1. The van der Waals surface area contributed by atoms with Gasteiger partial charge in [-0.1, -0.05) is 6.58 Å². The van der Waals surface area contributed by atoms with Crippen LogP contribution in [-0.2, 0) is 14.3 Å². The third kappa shape index (κ3) is 1.81. The van der Waals surface area contributed by atoms with Crippen LogP contribution in [0.2, 0.25) is 0 Å². The lowest BCUT2D eigenvalue weighted by Crippen LogP contribution is -2.27. The number of carbonyl (C=O) groups is 2. The van der Waals surface area contributed by atoms with Gasteiger partial charge < -0.3 is 20.7 Å². The molecular weight excluding hydrogens is 190 g/mol. The normalized spacial score (nSPS) is 22.6. The zero-order valence-corrected chi connectivity index (χ0v) is 7.14. The number of amides is 1. The van der Waals surface area contributed by atoms with E-state index in [0.29, 0.717) is 0 Å². The molecule has 0 aliphatic carbocycles. The van der Waals surface area contributed by atoms with Gasteiger partial charge in [0.2, 0.25) is 12.2 Å². The summed E-state index contributed by atoms with van der Waals surface area (Å²) in [6.07, 6.45) is -1.94. The standard InChI is InChI=1S/C8H9NO5/c1-3(7(9)12)6(11)4-2-5(10)14-8(4)13/h2,5-6,10-11H,1H2,(H2,9,12). The van der Waals surface area contributed by atoms with Crippen molar-refractivity contribution in [1.82, 2.24) is 0 Å². The van der Waals surface area contributed by atoms with E-state index in [9.17, 15) is 14.7 Å². The van der Waals surface area contributed by atoms with Crippen molar-refractivity contribution in [3.05, 3.63) is 23.8 Å². The van der Waals surface area contributed by atoms with Crippen LogP contribution in [0.25, 0.3) is 0 Å². The van der Waals surface area contributed by atoms with Crippen LogP contribution in [0.3, 0.4) is 0 Å². The molecule has 1 aliphatic heterocycles. The molecule has 0 radical (unpaired) electrons. The Balaban J connectivity index is 2.85. The summed E-state index contributed by atoms with van der Waals surface area (Å²) in [5, 5.41) is 18.3. The Bertz CT molecular complexity index is 333. The van der Waals surface area contributed by atoms with Crippen molar-refractivity contribution in [1.29, 1.82) is 0 Å². The maximum atomic E-state index is 10.9. The van der Waals surface area contributed by atoms with E-state index < -0.39 is 24.3 Å². The summed E-state index contributed by atoms with van der Waals surface area (Å²) in [6.45, 7) is 3.20. The first-order valence-corrected chi connectivity index (χ1v) is 3.71. The molecule has 1 amide bonds. The molecule has 0 saturated carbocycles. The lowest BCUT2D eigenvalue weighted by Gasteiger charge is -2.09. The average Bonchev–Trinajstić information content (AvgIpc) is 2.42. The van der Waals surface area contributed by atoms with Gasteiger partial charge in [-0.15, -0.1) is 0 Å². The summed E-state index contributed by atoms with van der Waals surface area (Å²) in [7, 11) is 0. The number of ether oxygens (including phenoxy) is 1. The first kappa shape index (κ1) is 10.4. The van der Waals surface area contributed by atoms with Crippen LogP contribution < -0.4 is 5.73 Å². The molecule has 0 saturated heterocycles. The van der Waals surface area contributed by atoms with Gasteiger partial charge in [-0.25, -0.2) is 4.79 Å². The van der Waals surface area contributed by atoms with Crippen LogP contribution in [0.4, 0.5) is 0 Å². The number of aliphatic hydroxyl groups is 2. The first-order valence-electron chi connectivity index (χ1n) is 3.71. The van der Waals surface area contributed by atoms with Crippen LogP contribution in [0.1, 0.15) is 0 Å². The number of aliphatic hydroxyl groups excluding tert-OH is 2. The van der Waals surface area contributed by atoms with Gasteiger partial charge in [0, 0.05) is 5.57 Å². The minimum absolute atomic E-state index is 0.235. The fourth-order valence-electron chi connectivity index (χ4n) is 0.959. The maximum Gasteiger partial charge on any atom is 0.339 e. The number of hydrogen-bond donors (Lipinski definition) is 3. The Kier molecular flexibility index (Phi) is 2.68. The lowest BCUT2D eigenvalue weighted by atomic mass is 10.0. The second kappa shape index (κ2) is 3.60. The summed E-state index contributed by atoms with van der Waals surface area (Å²) in [5.74, 6) is -1.82. The molecule has 1 heterocycles. The zero-order valence-electron chi connectivity index (χ0n) is 7.14. The van der Waals surface area contributed by atoms with Gasteiger partial charge in [-0.05, 0) is 6.08 Å². The molecular formula is C8H9NO5. The van der Waals surface area contributed by atoms with Gasteiger partial charge in [0.15, 0.2) is 0 Å². The Labute approximate surface area is 79.3 Å². The fraction of sp³-hybridized carbons (Fsp3) is 0.250. The van der Waals surface area contributed by atoms with E-state index in [-0.39, 0.29) is 11.1 Å². The largest absolute Gasteiger partial charge is 0.429 e. The number of nitrogens with two attached hydrogens (primary N) is 1. The highest BCUT2D eigenvalue weighted by Gasteiger charge is 2.31. The van der Waals surface area contributed by atoms with Gasteiger partial charge in [0.05, 0.1) is 5.57 Å². The van der Waals surface area contributed by atoms with Gasteiger partial charge in [0.1, 0.15) is 6.10 Å². The quantitative estimate of drug-likeness (QED) is 0.366. The molecule has 1 rings (SSSR count). The molecule has 6 heteroatoms. The van der Waals surface area contributed by atoms with Crippen molar-refractivity contribution >= 4 is 11.9 Å². The van der Waals surface area contributed by atoms with Crippen LogP contribution in [0.15, 0.2) is 23.8 Å². The molecule has 0 bridgehead atoms. The summed E-state index contributed by atoms with van der Waals surface area (Å²) in [6, 6.07) is 0. The SMILES string of the molecule is C=C(C(N)=O)C(O)C1=CC(O)OC1=O. The van der Waals surface area contributed by atoms with E-state index in [1.54, 1.807) is 0 Å². The molecule has 0 fully saturated rings. The highest BCUT2D eigenvalue weighted by molar-refractivity contribution is 5.98. The average molecular weight is 199 g/mol. The summed E-state index contributed by atoms with van der Waals surface area (Å²) in [5.41, 5.74) is 4.28. The Morgan fingerprint density at radius 3 is 2.64 bits per heavy atom. The van der Waals surface area contributed by atoms with Crippen molar-refractivity contribution in [2.75, 3.05) is 0 Å². The molecule has 4 N–H and O–H groups in total. The molecule has 0 aromatic heterocycles. The van der Waals surface area contributed by atoms with E-state index in [0.717, 1.165) is 6.08 Å². The molecule has 76 valence electrons. The smallest absolute Gasteiger partial charge is 0.339 e. The number of primary amides is 1. The van der Waals surface area contributed by atoms with Crippen LogP contribution in [0, 0.1) is 0 Å². The fourth-order valence-corrected chi connectivity index (χ4v) is 0.959. The first-order chi connectivity index (χ1) is 6.43. The molecule has 6 nitrogen and oxygen atoms in total. The maximum absolute atomic E-state index is 10.9. The van der Waals surface area contributed by atoms with Crippen LogP contribution in [-0.4, -0.2) is 34.5 Å². The molecule has 2 atom stereocenters. The number of cyclic esters (lactones) is 1. The topological polar surface area (TPSA) is 110 Å². The molecule has 14 heavy (non-hydrogen) atoms. The van der Waals surface area contributed by atoms with Gasteiger partial charge in [0.25, 0.3) is 0 Å². The Hall–Kier alpha value is -1.66. The minimum atomic E-state index is -1.53. The molecule has 0 aromatic carbocycles. The summed E-state index contributed by atoms with van der Waals surface area (Å²) < 4.78 is 4.30. The van der Waals surface area contributed by atoms with Crippen LogP contribution >= 0.6 is 0 Å². The van der Waals surface area contributed by atoms with E-state index in [4.69, 9.17) is 10.8 Å². The minimum Gasteiger partial charge on any atom is -0.429 e. The predicted octanol–water partition coefficient (Wildman–Crippen LogP) is -1.81. The van der Waals surface area contributed by atoms with Gasteiger partial charge in [-0.2, -0.15) is 0 Å².